The summed E-state index contributed by atoms with van der Waals surface area (Å²) in [6, 6.07) is 11.1. The molecule has 0 unspecified atom stereocenters. The Hall–Kier alpha value is -1.08. The van der Waals surface area contributed by atoms with Crippen LogP contribution in [0.25, 0.3) is 10.4 Å². The van der Waals surface area contributed by atoms with Crippen LogP contribution in [0, 0.1) is 6.92 Å². The first-order chi connectivity index (χ1) is 7.18. The Morgan fingerprint density at radius 2 is 1.93 bits per heavy atom. The average Bonchev–Trinajstić information content (AvgIpc) is 2.70. The molecule has 0 saturated heterocycles. The van der Waals surface area contributed by atoms with Gasteiger partial charge in [-0.2, -0.15) is 0 Å². The summed E-state index contributed by atoms with van der Waals surface area (Å²) >= 11 is 1.81. The van der Waals surface area contributed by atoms with Crippen LogP contribution in [0.5, 0.6) is 0 Å². The summed E-state index contributed by atoms with van der Waals surface area (Å²) in [5, 5.41) is 2.14. The van der Waals surface area contributed by atoms with Gasteiger partial charge in [0, 0.05) is 4.88 Å². The molecular weight excluding hydrogens is 200 g/mol. The van der Waals surface area contributed by atoms with Crippen LogP contribution in [0.2, 0.25) is 0 Å². The maximum atomic E-state index is 2.31. The van der Waals surface area contributed by atoms with Crippen LogP contribution < -0.4 is 0 Å². The fourth-order valence-electron chi connectivity index (χ4n) is 1.82. The van der Waals surface area contributed by atoms with Crippen molar-refractivity contribution in [3.8, 4) is 10.4 Å². The van der Waals surface area contributed by atoms with E-state index in [-0.39, 0.29) is 0 Å². The van der Waals surface area contributed by atoms with E-state index >= 15 is 0 Å². The van der Waals surface area contributed by atoms with Crippen LogP contribution in [0.1, 0.15) is 30.9 Å². The van der Waals surface area contributed by atoms with Crippen molar-refractivity contribution >= 4 is 11.3 Å². The van der Waals surface area contributed by atoms with Crippen molar-refractivity contribution in [1.82, 2.24) is 0 Å². The standard InChI is InChI=1S/C14H16S/c1-10(2)13-9-11(3)6-7-12(13)14-5-4-8-15-14/h4-10H,1-3H3. The predicted molar refractivity (Wildman–Crippen MR) is 68.6 cm³/mol. The molecule has 15 heavy (non-hydrogen) atoms. The molecule has 1 heteroatoms. The zero-order chi connectivity index (χ0) is 10.8. The van der Waals surface area contributed by atoms with Gasteiger partial charge in [0.25, 0.3) is 0 Å². The highest BCUT2D eigenvalue weighted by molar-refractivity contribution is 7.13. The molecule has 0 nitrogen and oxygen atoms in total. The minimum Gasteiger partial charge on any atom is -0.144 e. The van der Waals surface area contributed by atoms with E-state index in [1.165, 1.54) is 21.6 Å². The lowest BCUT2D eigenvalue weighted by molar-refractivity contribution is 0.868. The summed E-state index contributed by atoms with van der Waals surface area (Å²) in [5.41, 5.74) is 4.20. The quantitative estimate of drug-likeness (QED) is 0.673. The molecule has 0 amide bonds. The Morgan fingerprint density at radius 1 is 1.13 bits per heavy atom. The Labute approximate surface area is 95.6 Å². The summed E-state index contributed by atoms with van der Waals surface area (Å²) in [5.74, 6) is 0.585. The summed E-state index contributed by atoms with van der Waals surface area (Å²) in [4.78, 5) is 1.37. The number of rotatable bonds is 2. The Balaban J connectivity index is 2.56. The second-order valence-electron chi connectivity index (χ2n) is 4.22. The molecule has 0 bridgehead atoms. The molecule has 1 aromatic carbocycles. The topological polar surface area (TPSA) is 0 Å². The Morgan fingerprint density at radius 3 is 2.53 bits per heavy atom. The number of hydrogen-bond donors (Lipinski definition) is 0. The molecule has 2 aromatic rings. The third-order valence-electron chi connectivity index (χ3n) is 2.62. The van der Waals surface area contributed by atoms with Crippen molar-refractivity contribution in [3.63, 3.8) is 0 Å². The van der Waals surface area contributed by atoms with E-state index < -0.39 is 0 Å². The SMILES string of the molecule is Cc1ccc(-c2cccs2)c(C(C)C)c1. The molecule has 0 atom stereocenters. The maximum absolute atomic E-state index is 2.31. The molecule has 0 saturated carbocycles. The molecule has 0 aliphatic heterocycles. The molecule has 1 aromatic heterocycles. The van der Waals surface area contributed by atoms with Crippen molar-refractivity contribution in [2.45, 2.75) is 26.7 Å². The second kappa shape index (κ2) is 4.19. The van der Waals surface area contributed by atoms with E-state index in [2.05, 4.69) is 56.5 Å². The van der Waals surface area contributed by atoms with Crippen molar-refractivity contribution in [1.29, 1.82) is 0 Å². The molecule has 78 valence electrons. The highest BCUT2D eigenvalue weighted by Gasteiger charge is 2.09. The Kier molecular flexibility index (Phi) is 2.92. The van der Waals surface area contributed by atoms with E-state index in [4.69, 9.17) is 0 Å². The van der Waals surface area contributed by atoms with Crippen molar-refractivity contribution in [3.05, 3.63) is 46.8 Å². The van der Waals surface area contributed by atoms with E-state index in [9.17, 15) is 0 Å². The van der Waals surface area contributed by atoms with Crippen LogP contribution in [0.4, 0.5) is 0 Å². The zero-order valence-electron chi connectivity index (χ0n) is 9.45. The molecule has 0 fully saturated rings. The van der Waals surface area contributed by atoms with Crippen LogP contribution in [-0.4, -0.2) is 0 Å². The van der Waals surface area contributed by atoms with Gasteiger partial charge in [-0.25, -0.2) is 0 Å². The van der Waals surface area contributed by atoms with E-state index in [1.54, 1.807) is 0 Å². The van der Waals surface area contributed by atoms with Gasteiger partial charge in [0.05, 0.1) is 0 Å². The first kappa shape index (κ1) is 10.4. The van der Waals surface area contributed by atoms with Gasteiger partial charge in [0.1, 0.15) is 0 Å². The normalized spacial score (nSPS) is 10.9. The molecule has 0 spiro atoms. The first-order valence-electron chi connectivity index (χ1n) is 5.33. The molecule has 0 aliphatic carbocycles. The smallest absolute Gasteiger partial charge is 0.0345 e. The van der Waals surface area contributed by atoms with Crippen LogP contribution >= 0.6 is 11.3 Å². The predicted octanol–water partition coefficient (Wildman–Crippen LogP) is 4.85. The Bertz CT molecular complexity index is 438. The van der Waals surface area contributed by atoms with Gasteiger partial charge in [-0.3, -0.25) is 0 Å². The molecule has 0 aliphatic rings. The third kappa shape index (κ3) is 2.13. The van der Waals surface area contributed by atoms with Gasteiger partial charge in [0.2, 0.25) is 0 Å². The van der Waals surface area contributed by atoms with Gasteiger partial charge in [0.15, 0.2) is 0 Å². The summed E-state index contributed by atoms with van der Waals surface area (Å²) < 4.78 is 0. The van der Waals surface area contributed by atoms with Crippen molar-refractivity contribution in [2.75, 3.05) is 0 Å². The second-order valence-corrected chi connectivity index (χ2v) is 5.17. The van der Waals surface area contributed by atoms with E-state index in [1.807, 2.05) is 11.3 Å². The summed E-state index contributed by atoms with van der Waals surface area (Å²) in [6.07, 6.45) is 0. The van der Waals surface area contributed by atoms with Crippen molar-refractivity contribution in [2.24, 2.45) is 0 Å². The molecule has 0 N–H and O–H groups in total. The highest BCUT2D eigenvalue weighted by Crippen LogP contribution is 2.32. The molecule has 0 radical (unpaired) electrons. The van der Waals surface area contributed by atoms with Crippen LogP contribution in [0.3, 0.4) is 0 Å². The minimum atomic E-state index is 0.585. The molecule has 1 heterocycles. The highest BCUT2D eigenvalue weighted by atomic mass is 32.1. The maximum Gasteiger partial charge on any atom is 0.0345 e. The van der Waals surface area contributed by atoms with Gasteiger partial charge < -0.3 is 0 Å². The van der Waals surface area contributed by atoms with Gasteiger partial charge >= 0.3 is 0 Å². The first-order valence-corrected chi connectivity index (χ1v) is 6.21. The lowest BCUT2D eigenvalue weighted by Gasteiger charge is -2.12. The average molecular weight is 216 g/mol. The van der Waals surface area contributed by atoms with Gasteiger partial charge in [-0.15, -0.1) is 11.3 Å². The number of aryl methyl sites for hydroxylation is 1. The third-order valence-corrected chi connectivity index (χ3v) is 3.52. The van der Waals surface area contributed by atoms with E-state index in [0.717, 1.165) is 0 Å². The number of benzene rings is 1. The number of thiophene rings is 1. The van der Waals surface area contributed by atoms with Crippen LogP contribution in [-0.2, 0) is 0 Å². The van der Waals surface area contributed by atoms with Gasteiger partial charge in [-0.1, -0.05) is 43.7 Å². The fraction of sp³-hybridized carbons (Fsp3) is 0.286. The fourth-order valence-corrected chi connectivity index (χ4v) is 2.59. The zero-order valence-corrected chi connectivity index (χ0v) is 10.3. The number of hydrogen-bond acceptors (Lipinski definition) is 1. The van der Waals surface area contributed by atoms with Crippen LogP contribution in [0.15, 0.2) is 35.7 Å². The lowest BCUT2D eigenvalue weighted by atomic mass is 9.94. The molecular formula is C14H16S. The lowest BCUT2D eigenvalue weighted by Crippen LogP contribution is -1.92. The largest absolute Gasteiger partial charge is 0.144 e. The molecule has 2 rings (SSSR count). The minimum absolute atomic E-state index is 0.585. The van der Waals surface area contributed by atoms with Gasteiger partial charge in [-0.05, 0) is 35.4 Å². The monoisotopic (exact) mass is 216 g/mol. The summed E-state index contributed by atoms with van der Waals surface area (Å²) in [7, 11) is 0. The van der Waals surface area contributed by atoms with E-state index in [0.29, 0.717) is 5.92 Å². The summed E-state index contributed by atoms with van der Waals surface area (Å²) in [6.45, 7) is 6.67. The van der Waals surface area contributed by atoms with Crippen molar-refractivity contribution < 1.29 is 0 Å².